The van der Waals surface area contributed by atoms with Crippen molar-refractivity contribution >= 4 is 28.5 Å². The number of hydrogen-bond acceptors (Lipinski definition) is 5. The van der Waals surface area contributed by atoms with Crippen molar-refractivity contribution < 1.29 is 23.9 Å². The number of para-hydroxylation sites is 1. The molecular weight excluding hydrogens is 434 g/mol. The highest BCUT2D eigenvalue weighted by Gasteiger charge is 2.23. The molecule has 1 N–H and O–H groups in total. The van der Waals surface area contributed by atoms with E-state index in [-0.39, 0.29) is 25.8 Å². The molecule has 3 aromatic rings. The fourth-order valence-electron chi connectivity index (χ4n) is 4.56. The van der Waals surface area contributed by atoms with Gasteiger partial charge in [0.05, 0.1) is 5.56 Å². The Morgan fingerprint density at radius 3 is 2.50 bits per heavy atom. The summed E-state index contributed by atoms with van der Waals surface area (Å²) in [6.45, 7) is 2.05. The summed E-state index contributed by atoms with van der Waals surface area (Å²) in [5, 5.41) is 3.35. The Kier molecular flexibility index (Phi) is 6.20. The maximum atomic E-state index is 13.0. The topological polar surface area (TPSA) is 89.9 Å². The lowest BCUT2D eigenvalue weighted by Gasteiger charge is -2.20. The van der Waals surface area contributed by atoms with Gasteiger partial charge in [-0.05, 0) is 36.6 Å². The summed E-state index contributed by atoms with van der Waals surface area (Å²) in [5.41, 5.74) is 1.86. The molecule has 8 nitrogen and oxygen atoms in total. The highest BCUT2D eigenvalue weighted by Crippen LogP contribution is 2.32. The average Bonchev–Trinajstić information content (AvgIpc) is 3.36. The van der Waals surface area contributed by atoms with E-state index >= 15 is 0 Å². The van der Waals surface area contributed by atoms with Crippen LogP contribution in [0.4, 0.5) is 0 Å². The molecule has 0 atom stereocenters. The molecule has 0 spiro atoms. The molecule has 34 heavy (non-hydrogen) atoms. The SMILES string of the molecule is O=C(NCc1ccc2c(c1)OCO2)C(=O)c1cn(CC(=O)N2CCCCCC2)c2ccccc12. The largest absolute Gasteiger partial charge is 0.454 e. The number of nitrogens with zero attached hydrogens (tertiary/aromatic N) is 2. The van der Waals surface area contributed by atoms with Crippen LogP contribution in [0.2, 0.25) is 0 Å². The quantitative estimate of drug-likeness (QED) is 0.450. The first-order chi connectivity index (χ1) is 16.6. The minimum atomic E-state index is -0.695. The number of carbonyl (C=O) groups excluding carboxylic acids is 3. The minimum absolute atomic E-state index is 0.0360. The van der Waals surface area contributed by atoms with Gasteiger partial charge in [-0.2, -0.15) is 0 Å². The zero-order valence-corrected chi connectivity index (χ0v) is 18.9. The van der Waals surface area contributed by atoms with Gasteiger partial charge in [-0.25, -0.2) is 0 Å². The standard InChI is InChI=1S/C26H27N3O5/c30-24(28-11-5-1-2-6-12-28)16-29-15-20(19-7-3-4-8-21(19)29)25(31)26(32)27-14-18-9-10-22-23(13-18)34-17-33-22/h3-4,7-10,13,15H,1-2,5-6,11-12,14,16-17H2,(H,27,32). The van der Waals surface area contributed by atoms with Crippen LogP contribution >= 0.6 is 0 Å². The van der Waals surface area contributed by atoms with Gasteiger partial charge in [0.2, 0.25) is 12.7 Å². The van der Waals surface area contributed by atoms with Gasteiger partial charge in [-0.3, -0.25) is 14.4 Å². The van der Waals surface area contributed by atoms with Crippen molar-refractivity contribution in [1.29, 1.82) is 0 Å². The van der Waals surface area contributed by atoms with Gasteiger partial charge in [-0.1, -0.05) is 37.1 Å². The number of benzene rings is 2. The van der Waals surface area contributed by atoms with E-state index in [9.17, 15) is 14.4 Å². The number of likely N-dealkylation sites (tertiary alicyclic amines) is 1. The number of amides is 2. The first kappa shape index (κ1) is 22.0. The van der Waals surface area contributed by atoms with Crippen LogP contribution in [0.15, 0.2) is 48.7 Å². The molecule has 5 rings (SSSR count). The lowest BCUT2D eigenvalue weighted by molar-refractivity contribution is -0.131. The van der Waals surface area contributed by atoms with Gasteiger partial charge in [0.1, 0.15) is 6.54 Å². The van der Waals surface area contributed by atoms with Gasteiger partial charge < -0.3 is 24.3 Å². The molecule has 0 saturated carbocycles. The number of aromatic nitrogens is 1. The van der Waals surface area contributed by atoms with Crippen LogP contribution in [0.25, 0.3) is 10.9 Å². The molecule has 2 amide bonds. The number of ether oxygens (including phenoxy) is 2. The third kappa shape index (κ3) is 4.48. The first-order valence-corrected chi connectivity index (χ1v) is 11.7. The number of nitrogens with one attached hydrogen (secondary N) is 1. The van der Waals surface area contributed by atoms with Crippen LogP contribution in [0.5, 0.6) is 11.5 Å². The maximum absolute atomic E-state index is 13.0. The molecular formula is C26H27N3O5. The summed E-state index contributed by atoms with van der Waals surface area (Å²) in [6.07, 6.45) is 5.96. The summed E-state index contributed by atoms with van der Waals surface area (Å²) in [4.78, 5) is 40.6. The van der Waals surface area contributed by atoms with Gasteiger partial charge in [-0.15, -0.1) is 0 Å². The molecule has 2 aliphatic heterocycles. The summed E-state index contributed by atoms with van der Waals surface area (Å²) >= 11 is 0. The second-order valence-corrected chi connectivity index (χ2v) is 8.68. The van der Waals surface area contributed by atoms with E-state index in [2.05, 4.69) is 5.32 Å². The third-order valence-corrected chi connectivity index (χ3v) is 6.39. The van der Waals surface area contributed by atoms with Crippen molar-refractivity contribution in [3.05, 3.63) is 59.8 Å². The van der Waals surface area contributed by atoms with Crippen molar-refractivity contribution in [2.75, 3.05) is 19.9 Å². The van der Waals surface area contributed by atoms with Crippen molar-refractivity contribution in [3.63, 3.8) is 0 Å². The number of rotatable bonds is 6. The van der Waals surface area contributed by atoms with Crippen molar-refractivity contribution in [3.8, 4) is 11.5 Å². The Bertz CT molecular complexity index is 1240. The Labute approximate surface area is 197 Å². The number of ketones is 1. The number of fused-ring (bicyclic) bond motifs is 2. The van der Waals surface area contributed by atoms with E-state index in [1.54, 1.807) is 29.0 Å². The average molecular weight is 462 g/mol. The predicted octanol–water partition coefficient (Wildman–Crippen LogP) is 3.27. The van der Waals surface area contributed by atoms with E-state index in [1.165, 1.54) is 0 Å². The minimum Gasteiger partial charge on any atom is -0.454 e. The van der Waals surface area contributed by atoms with Crippen LogP contribution in [0, 0.1) is 0 Å². The molecule has 0 unspecified atom stereocenters. The first-order valence-electron chi connectivity index (χ1n) is 11.7. The second-order valence-electron chi connectivity index (χ2n) is 8.68. The van der Waals surface area contributed by atoms with Gasteiger partial charge in [0, 0.05) is 36.7 Å². The van der Waals surface area contributed by atoms with Crippen LogP contribution < -0.4 is 14.8 Å². The predicted molar refractivity (Wildman–Crippen MR) is 126 cm³/mol. The summed E-state index contributed by atoms with van der Waals surface area (Å²) < 4.78 is 12.4. The van der Waals surface area contributed by atoms with Crippen LogP contribution in [-0.4, -0.2) is 46.9 Å². The molecule has 2 aliphatic rings. The lowest BCUT2D eigenvalue weighted by Crippen LogP contribution is -2.34. The molecule has 2 aromatic carbocycles. The van der Waals surface area contributed by atoms with Crippen molar-refractivity contribution in [1.82, 2.24) is 14.8 Å². The zero-order valence-electron chi connectivity index (χ0n) is 18.9. The van der Waals surface area contributed by atoms with E-state index in [1.807, 2.05) is 29.2 Å². The number of hydrogen-bond donors (Lipinski definition) is 1. The molecule has 8 heteroatoms. The molecule has 176 valence electrons. The normalized spacial score (nSPS) is 15.2. The zero-order chi connectivity index (χ0) is 23.5. The number of carbonyl (C=O) groups is 3. The van der Waals surface area contributed by atoms with Crippen molar-refractivity contribution in [2.24, 2.45) is 0 Å². The Morgan fingerprint density at radius 2 is 1.68 bits per heavy atom. The second kappa shape index (κ2) is 9.59. The molecule has 3 heterocycles. The third-order valence-electron chi connectivity index (χ3n) is 6.39. The maximum Gasteiger partial charge on any atom is 0.292 e. The van der Waals surface area contributed by atoms with Gasteiger partial charge >= 0.3 is 0 Å². The van der Waals surface area contributed by atoms with E-state index in [0.29, 0.717) is 22.4 Å². The molecule has 1 fully saturated rings. The van der Waals surface area contributed by atoms with E-state index in [0.717, 1.165) is 49.9 Å². The van der Waals surface area contributed by atoms with Crippen LogP contribution in [-0.2, 0) is 22.7 Å². The van der Waals surface area contributed by atoms with Gasteiger partial charge in [0.15, 0.2) is 11.5 Å². The summed E-state index contributed by atoms with van der Waals surface area (Å²) in [7, 11) is 0. The Morgan fingerprint density at radius 1 is 0.912 bits per heavy atom. The number of Topliss-reactive ketones (excluding diaryl/α,β-unsaturated/α-hetero) is 1. The van der Waals surface area contributed by atoms with Crippen LogP contribution in [0.3, 0.4) is 0 Å². The molecule has 0 radical (unpaired) electrons. The highest BCUT2D eigenvalue weighted by molar-refractivity contribution is 6.45. The molecule has 1 aromatic heterocycles. The molecule has 0 aliphatic carbocycles. The lowest BCUT2D eigenvalue weighted by atomic mass is 10.1. The highest BCUT2D eigenvalue weighted by atomic mass is 16.7. The van der Waals surface area contributed by atoms with Crippen LogP contribution in [0.1, 0.15) is 41.6 Å². The Balaban J connectivity index is 1.31. The van der Waals surface area contributed by atoms with Gasteiger partial charge in [0.25, 0.3) is 11.7 Å². The molecule has 1 saturated heterocycles. The smallest absolute Gasteiger partial charge is 0.292 e. The van der Waals surface area contributed by atoms with E-state index in [4.69, 9.17) is 9.47 Å². The Hall–Kier alpha value is -3.81. The van der Waals surface area contributed by atoms with E-state index < -0.39 is 11.7 Å². The monoisotopic (exact) mass is 461 g/mol. The summed E-state index contributed by atoms with van der Waals surface area (Å²) in [6, 6.07) is 12.7. The fraction of sp³-hybridized carbons (Fsp3) is 0.346. The van der Waals surface area contributed by atoms with Crippen molar-refractivity contribution in [2.45, 2.75) is 38.8 Å². The molecule has 0 bridgehead atoms. The summed E-state index contributed by atoms with van der Waals surface area (Å²) in [5.74, 6) is -0.00449. The fourth-order valence-corrected chi connectivity index (χ4v) is 4.56.